The van der Waals surface area contributed by atoms with Gasteiger partial charge in [-0.1, -0.05) is 30.9 Å². The minimum Gasteiger partial charge on any atom is -0.451 e. The summed E-state index contributed by atoms with van der Waals surface area (Å²) in [6.07, 6.45) is 5.30. The minimum absolute atomic E-state index is 0.176. The summed E-state index contributed by atoms with van der Waals surface area (Å²) in [5, 5.41) is 4.71. The highest BCUT2D eigenvalue weighted by Crippen LogP contribution is 2.21. The molecule has 2 aromatic rings. The molecule has 0 saturated heterocycles. The lowest BCUT2D eigenvalue weighted by Crippen LogP contribution is -2.40. The normalized spacial score (nSPS) is 14.4. The summed E-state index contributed by atoms with van der Waals surface area (Å²) in [4.78, 5) is 38.7. The Morgan fingerprint density at radius 2 is 1.86 bits per heavy atom. The van der Waals surface area contributed by atoms with Crippen LogP contribution in [-0.2, 0) is 9.53 Å². The van der Waals surface area contributed by atoms with Gasteiger partial charge in [0.1, 0.15) is 0 Å². The number of hydrogen-bond acceptors (Lipinski definition) is 5. The van der Waals surface area contributed by atoms with Crippen molar-refractivity contribution >= 4 is 23.5 Å². The van der Waals surface area contributed by atoms with E-state index >= 15 is 0 Å². The molecule has 1 aromatic carbocycles. The van der Waals surface area contributed by atoms with Gasteiger partial charge in [-0.3, -0.25) is 9.59 Å². The van der Waals surface area contributed by atoms with Crippen LogP contribution in [0.5, 0.6) is 0 Å². The van der Waals surface area contributed by atoms with E-state index in [2.05, 4.69) is 5.10 Å². The Bertz CT molecular complexity index is 949. The molecule has 154 valence electrons. The number of aryl methyl sites for hydroxylation is 1. The van der Waals surface area contributed by atoms with Gasteiger partial charge in [0.15, 0.2) is 6.61 Å². The van der Waals surface area contributed by atoms with Crippen molar-refractivity contribution in [3.63, 3.8) is 0 Å². The van der Waals surface area contributed by atoms with Crippen molar-refractivity contribution in [1.29, 1.82) is 0 Å². The second kappa shape index (κ2) is 9.22. The van der Waals surface area contributed by atoms with Crippen LogP contribution in [0.1, 0.15) is 48.3 Å². The van der Waals surface area contributed by atoms with Gasteiger partial charge in [0, 0.05) is 29.9 Å². The molecule has 1 saturated carbocycles. The highest BCUT2D eigenvalue weighted by atomic mass is 35.5. The minimum atomic E-state index is -0.914. The van der Waals surface area contributed by atoms with E-state index in [1.165, 1.54) is 17.2 Å². The number of aromatic nitrogens is 2. The van der Waals surface area contributed by atoms with Crippen LogP contribution >= 0.6 is 11.6 Å². The summed E-state index contributed by atoms with van der Waals surface area (Å²) < 4.78 is 6.57. The van der Waals surface area contributed by atoms with Crippen molar-refractivity contribution in [3.8, 4) is 5.69 Å². The van der Waals surface area contributed by atoms with Crippen molar-refractivity contribution in [1.82, 2.24) is 14.7 Å². The lowest BCUT2D eigenvalue weighted by atomic mass is 9.94. The summed E-state index contributed by atoms with van der Waals surface area (Å²) >= 11 is 5.91. The zero-order valence-electron chi connectivity index (χ0n) is 16.6. The van der Waals surface area contributed by atoms with Crippen LogP contribution in [0.15, 0.2) is 35.1 Å². The number of carbonyl (C=O) groups is 2. The topological polar surface area (TPSA) is 81.5 Å². The van der Waals surface area contributed by atoms with E-state index in [9.17, 15) is 14.4 Å². The molecule has 1 amide bonds. The SMILES string of the molecule is Cc1cc(=O)c(C(=O)OCC(=O)N(C)C2CCCCC2)nn1-c1ccc(Cl)cc1. The molecule has 0 unspecified atom stereocenters. The van der Waals surface area contributed by atoms with Crippen molar-refractivity contribution in [2.45, 2.75) is 45.1 Å². The number of carbonyl (C=O) groups excluding carboxylic acids is 2. The average Bonchev–Trinajstić information content (AvgIpc) is 2.73. The van der Waals surface area contributed by atoms with Crippen molar-refractivity contribution in [2.24, 2.45) is 0 Å². The third-order valence-electron chi connectivity index (χ3n) is 5.21. The molecule has 0 aliphatic heterocycles. The van der Waals surface area contributed by atoms with E-state index in [0.717, 1.165) is 25.7 Å². The van der Waals surface area contributed by atoms with E-state index in [-0.39, 0.29) is 17.6 Å². The molecule has 1 heterocycles. The Morgan fingerprint density at radius 3 is 2.52 bits per heavy atom. The molecular formula is C21H24ClN3O4. The summed E-state index contributed by atoms with van der Waals surface area (Å²) in [5.74, 6) is -1.20. The third kappa shape index (κ3) is 5.03. The highest BCUT2D eigenvalue weighted by molar-refractivity contribution is 6.30. The van der Waals surface area contributed by atoms with Gasteiger partial charge in [-0.15, -0.1) is 0 Å². The predicted octanol–water partition coefficient (Wildman–Crippen LogP) is 3.14. The standard InChI is InChI=1S/C21H24ClN3O4/c1-14-12-18(26)20(23-25(14)17-10-8-15(22)9-11-17)21(28)29-13-19(27)24(2)16-6-4-3-5-7-16/h8-12,16H,3-7,13H2,1-2H3. The number of hydrogen-bond donors (Lipinski definition) is 0. The number of nitrogens with zero attached hydrogens (tertiary/aromatic N) is 3. The number of ether oxygens (including phenoxy) is 1. The summed E-state index contributed by atoms with van der Waals surface area (Å²) in [6.45, 7) is 1.29. The smallest absolute Gasteiger partial charge is 0.363 e. The fourth-order valence-electron chi connectivity index (χ4n) is 3.50. The van der Waals surface area contributed by atoms with Crippen LogP contribution in [0.3, 0.4) is 0 Å². The van der Waals surface area contributed by atoms with Crippen molar-refractivity contribution in [2.75, 3.05) is 13.7 Å². The molecule has 0 radical (unpaired) electrons. The Balaban J connectivity index is 1.71. The molecule has 7 nitrogen and oxygen atoms in total. The Morgan fingerprint density at radius 1 is 1.21 bits per heavy atom. The second-order valence-corrected chi connectivity index (χ2v) is 7.70. The van der Waals surface area contributed by atoms with Crippen molar-refractivity contribution in [3.05, 3.63) is 57.0 Å². The molecule has 0 bridgehead atoms. The first-order valence-electron chi connectivity index (χ1n) is 9.66. The van der Waals surface area contributed by atoms with Crippen LogP contribution in [0.2, 0.25) is 5.02 Å². The van der Waals surface area contributed by atoms with E-state index in [4.69, 9.17) is 16.3 Å². The van der Waals surface area contributed by atoms with Crippen LogP contribution in [0.4, 0.5) is 0 Å². The van der Waals surface area contributed by atoms with E-state index in [1.54, 1.807) is 43.1 Å². The lowest BCUT2D eigenvalue weighted by molar-refractivity contribution is -0.135. The fourth-order valence-corrected chi connectivity index (χ4v) is 3.63. The maximum atomic E-state index is 12.4. The van der Waals surface area contributed by atoms with Gasteiger partial charge in [0.05, 0.1) is 5.69 Å². The number of rotatable bonds is 5. The fraction of sp³-hybridized carbons (Fsp3) is 0.429. The lowest BCUT2D eigenvalue weighted by Gasteiger charge is -2.31. The number of amides is 1. The first kappa shape index (κ1) is 21.0. The third-order valence-corrected chi connectivity index (χ3v) is 5.47. The second-order valence-electron chi connectivity index (χ2n) is 7.26. The Kier molecular flexibility index (Phi) is 6.69. The molecule has 0 N–H and O–H groups in total. The van der Waals surface area contributed by atoms with Gasteiger partial charge >= 0.3 is 5.97 Å². The molecule has 1 fully saturated rings. The molecule has 29 heavy (non-hydrogen) atoms. The van der Waals surface area contributed by atoms with Gasteiger partial charge < -0.3 is 9.64 Å². The largest absolute Gasteiger partial charge is 0.451 e. The summed E-state index contributed by atoms with van der Waals surface area (Å²) in [6, 6.07) is 8.32. The molecule has 0 spiro atoms. The maximum Gasteiger partial charge on any atom is 0.363 e. The average molecular weight is 418 g/mol. The Labute approximate surface area is 174 Å². The van der Waals surface area contributed by atoms with Crippen LogP contribution < -0.4 is 5.43 Å². The molecule has 0 atom stereocenters. The zero-order valence-corrected chi connectivity index (χ0v) is 17.3. The molecule has 8 heteroatoms. The van der Waals surface area contributed by atoms with Crippen LogP contribution in [0.25, 0.3) is 5.69 Å². The molecule has 1 aliphatic rings. The molecule has 1 aliphatic carbocycles. The quantitative estimate of drug-likeness (QED) is 0.698. The van der Waals surface area contributed by atoms with E-state index in [0.29, 0.717) is 16.4 Å². The number of benzene rings is 1. The highest BCUT2D eigenvalue weighted by Gasteiger charge is 2.24. The van der Waals surface area contributed by atoms with Gasteiger partial charge in [0.25, 0.3) is 5.91 Å². The van der Waals surface area contributed by atoms with Crippen LogP contribution in [-0.4, -0.2) is 46.3 Å². The molecule has 1 aromatic heterocycles. The first-order valence-corrected chi connectivity index (χ1v) is 10.0. The van der Waals surface area contributed by atoms with Crippen LogP contribution in [0, 0.1) is 6.92 Å². The molecular weight excluding hydrogens is 394 g/mol. The number of likely N-dealkylation sites (N-methyl/N-ethyl adjacent to an activating group) is 1. The van der Waals surface area contributed by atoms with E-state index < -0.39 is 18.0 Å². The number of halogens is 1. The monoisotopic (exact) mass is 417 g/mol. The first-order chi connectivity index (χ1) is 13.9. The maximum absolute atomic E-state index is 12.4. The summed E-state index contributed by atoms with van der Waals surface area (Å²) in [5.41, 5.74) is 0.292. The van der Waals surface area contributed by atoms with Gasteiger partial charge in [0.2, 0.25) is 11.1 Å². The predicted molar refractivity (Wildman–Crippen MR) is 110 cm³/mol. The summed E-state index contributed by atoms with van der Waals surface area (Å²) in [7, 11) is 1.73. The van der Waals surface area contributed by atoms with Crippen molar-refractivity contribution < 1.29 is 14.3 Å². The Hall–Kier alpha value is -2.67. The zero-order chi connectivity index (χ0) is 21.0. The molecule has 3 rings (SSSR count). The van der Waals surface area contributed by atoms with Gasteiger partial charge in [-0.2, -0.15) is 5.10 Å². The van der Waals surface area contributed by atoms with E-state index in [1.807, 2.05) is 0 Å². The van der Waals surface area contributed by atoms with Gasteiger partial charge in [-0.25, -0.2) is 9.48 Å². The van der Waals surface area contributed by atoms with Gasteiger partial charge in [-0.05, 0) is 44.0 Å². The number of esters is 1.